The predicted molar refractivity (Wildman–Crippen MR) is 148 cm³/mol. The number of carbonyl (C=O) groups excluding carboxylic acids is 2. The molecule has 3 heterocycles. The van der Waals surface area contributed by atoms with Crippen LogP contribution in [-0.2, 0) is 14.3 Å². The number of furan rings is 1. The van der Waals surface area contributed by atoms with Crippen LogP contribution in [0.3, 0.4) is 0 Å². The Hall–Kier alpha value is -4.32. The number of methoxy groups -OCH3 is 1. The third-order valence-electron chi connectivity index (χ3n) is 6.17. The van der Waals surface area contributed by atoms with Crippen molar-refractivity contribution in [3.8, 4) is 5.75 Å². The van der Waals surface area contributed by atoms with Crippen molar-refractivity contribution in [2.75, 3.05) is 20.3 Å². The molecule has 5 rings (SSSR count). The SMILES string of the molecule is COCCOC(=O)C1=C(C)N=c2s/c(=C/c3c(F)cccc3Cl)c(=O)n2C1c1ccc(OC(=O)c2ccco2)cc1. The summed E-state index contributed by atoms with van der Waals surface area (Å²) in [5.41, 5.74) is 0.578. The molecule has 0 spiro atoms. The second kappa shape index (κ2) is 12.0. The van der Waals surface area contributed by atoms with Crippen LogP contribution >= 0.6 is 22.9 Å². The summed E-state index contributed by atoms with van der Waals surface area (Å²) in [6.45, 7) is 1.82. The minimum atomic E-state index is -0.936. The van der Waals surface area contributed by atoms with E-state index in [1.54, 1.807) is 25.1 Å². The second-order valence-corrected chi connectivity index (χ2v) is 10.2. The van der Waals surface area contributed by atoms with Crippen molar-refractivity contribution in [1.82, 2.24) is 4.57 Å². The zero-order valence-corrected chi connectivity index (χ0v) is 23.3. The molecule has 2 aromatic heterocycles. The van der Waals surface area contributed by atoms with Crippen molar-refractivity contribution in [3.05, 3.63) is 120 Å². The summed E-state index contributed by atoms with van der Waals surface area (Å²) >= 11 is 7.23. The monoisotopic (exact) mass is 596 g/mol. The number of benzene rings is 2. The maximum atomic E-state index is 14.5. The van der Waals surface area contributed by atoms with Crippen LogP contribution in [-0.4, -0.2) is 36.8 Å². The molecular formula is C29H22ClFN2O7S. The van der Waals surface area contributed by atoms with E-state index in [-0.39, 0.29) is 45.4 Å². The van der Waals surface area contributed by atoms with Crippen molar-refractivity contribution >= 4 is 41.0 Å². The molecule has 0 bridgehead atoms. The minimum absolute atomic E-state index is 0.00327. The van der Waals surface area contributed by atoms with Gasteiger partial charge in [0.1, 0.15) is 18.2 Å². The molecule has 4 aromatic rings. The van der Waals surface area contributed by atoms with Gasteiger partial charge in [0.2, 0.25) is 5.76 Å². The van der Waals surface area contributed by atoms with Crippen molar-refractivity contribution in [2.45, 2.75) is 13.0 Å². The van der Waals surface area contributed by atoms with E-state index < -0.39 is 29.4 Å². The molecule has 0 saturated heterocycles. The third kappa shape index (κ3) is 5.78. The van der Waals surface area contributed by atoms with Crippen LogP contribution in [0.2, 0.25) is 5.02 Å². The molecule has 9 nitrogen and oxygen atoms in total. The fraction of sp³-hybridized carbons (Fsp3) is 0.172. The topological polar surface area (TPSA) is 109 Å². The molecule has 0 N–H and O–H groups in total. The molecular weight excluding hydrogens is 575 g/mol. The van der Waals surface area contributed by atoms with Crippen LogP contribution in [0.1, 0.15) is 34.6 Å². The summed E-state index contributed by atoms with van der Waals surface area (Å²) in [5, 5.41) is 0.144. The Morgan fingerprint density at radius 3 is 2.59 bits per heavy atom. The number of halogens is 2. The van der Waals surface area contributed by atoms with Gasteiger partial charge >= 0.3 is 11.9 Å². The van der Waals surface area contributed by atoms with E-state index in [1.165, 1.54) is 60.4 Å². The Morgan fingerprint density at radius 2 is 1.90 bits per heavy atom. The first-order valence-corrected chi connectivity index (χ1v) is 13.5. The molecule has 1 atom stereocenters. The smallest absolute Gasteiger partial charge is 0.379 e. The van der Waals surface area contributed by atoms with Crippen LogP contribution in [0.15, 0.2) is 86.3 Å². The number of ether oxygens (including phenoxy) is 3. The molecule has 210 valence electrons. The summed E-state index contributed by atoms with van der Waals surface area (Å²) in [6, 6.07) is 12.7. The zero-order valence-electron chi connectivity index (χ0n) is 21.8. The highest BCUT2D eigenvalue weighted by Crippen LogP contribution is 2.32. The quantitative estimate of drug-likeness (QED) is 0.172. The molecule has 2 aromatic carbocycles. The lowest BCUT2D eigenvalue weighted by molar-refractivity contribution is -0.140. The lowest BCUT2D eigenvalue weighted by atomic mass is 9.96. The number of hydrogen-bond acceptors (Lipinski definition) is 9. The van der Waals surface area contributed by atoms with E-state index in [1.807, 2.05) is 0 Å². The highest BCUT2D eigenvalue weighted by molar-refractivity contribution is 7.07. The number of thiazole rings is 1. The molecule has 0 saturated carbocycles. The van der Waals surface area contributed by atoms with Gasteiger partial charge in [-0.05, 0) is 55.0 Å². The van der Waals surface area contributed by atoms with E-state index in [4.69, 9.17) is 30.2 Å². The fourth-order valence-electron chi connectivity index (χ4n) is 4.24. The average molecular weight is 597 g/mol. The number of allylic oxidation sites excluding steroid dienone is 1. The summed E-state index contributed by atoms with van der Waals surface area (Å²) in [7, 11) is 1.48. The summed E-state index contributed by atoms with van der Waals surface area (Å²) in [4.78, 5) is 44.1. The molecule has 12 heteroatoms. The minimum Gasteiger partial charge on any atom is -0.460 e. The number of nitrogens with zero attached hydrogens (tertiary/aromatic N) is 2. The summed E-state index contributed by atoms with van der Waals surface area (Å²) in [5.74, 6) is -1.68. The zero-order chi connectivity index (χ0) is 29.1. The molecule has 41 heavy (non-hydrogen) atoms. The van der Waals surface area contributed by atoms with Crippen molar-refractivity contribution in [1.29, 1.82) is 0 Å². The van der Waals surface area contributed by atoms with Crippen LogP contribution < -0.4 is 19.6 Å². The number of rotatable bonds is 8. The van der Waals surface area contributed by atoms with Crippen LogP contribution in [0.5, 0.6) is 5.75 Å². The molecule has 1 unspecified atom stereocenters. The van der Waals surface area contributed by atoms with Crippen LogP contribution in [0.4, 0.5) is 4.39 Å². The standard InChI is InChI=1S/C29H22ClFN2O7S/c1-16-24(28(36)39-14-13-37-2)25(17-8-10-18(11-9-17)40-27(35)22-7-4-12-38-22)33-26(34)23(41-29(33)32-16)15-19-20(30)5-3-6-21(19)31/h3-12,15,25H,13-14H2,1-2H3/b23-15+. The fourth-order valence-corrected chi connectivity index (χ4v) is 5.49. The predicted octanol–water partition coefficient (Wildman–Crippen LogP) is 4.03. The average Bonchev–Trinajstić information content (AvgIpc) is 3.59. The number of carbonyl (C=O) groups is 2. The number of hydrogen-bond donors (Lipinski definition) is 0. The van der Waals surface area contributed by atoms with Crippen molar-refractivity contribution in [2.24, 2.45) is 4.99 Å². The molecule has 0 aliphatic carbocycles. The van der Waals surface area contributed by atoms with E-state index in [9.17, 15) is 18.8 Å². The number of fused-ring (bicyclic) bond motifs is 1. The maximum Gasteiger partial charge on any atom is 0.379 e. The highest BCUT2D eigenvalue weighted by Gasteiger charge is 2.33. The Kier molecular flexibility index (Phi) is 8.29. The maximum absolute atomic E-state index is 14.5. The Balaban J connectivity index is 1.59. The van der Waals surface area contributed by atoms with Gasteiger partial charge in [-0.1, -0.05) is 41.1 Å². The van der Waals surface area contributed by atoms with E-state index in [2.05, 4.69) is 4.99 Å². The first-order valence-electron chi connectivity index (χ1n) is 12.3. The van der Waals surface area contributed by atoms with Gasteiger partial charge in [0.25, 0.3) is 5.56 Å². The van der Waals surface area contributed by atoms with E-state index in [0.29, 0.717) is 16.1 Å². The van der Waals surface area contributed by atoms with Gasteiger partial charge in [0.15, 0.2) is 4.80 Å². The van der Waals surface area contributed by atoms with Crippen LogP contribution in [0, 0.1) is 5.82 Å². The second-order valence-electron chi connectivity index (χ2n) is 8.78. The third-order valence-corrected chi connectivity index (χ3v) is 7.48. The summed E-state index contributed by atoms with van der Waals surface area (Å²) in [6.07, 6.45) is 2.73. The molecule has 1 aliphatic rings. The first kappa shape index (κ1) is 28.2. The van der Waals surface area contributed by atoms with Gasteiger partial charge in [0, 0.05) is 12.7 Å². The Morgan fingerprint density at radius 1 is 1.12 bits per heavy atom. The first-order chi connectivity index (χ1) is 19.8. The Labute approximate surface area is 241 Å². The highest BCUT2D eigenvalue weighted by atomic mass is 35.5. The summed E-state index contributed by atoms with van der Waals surface area (Å²) < 4.78 is 36.9. The Bertz CT molecular complexity index is 1810. The van der Waals surface area contributed by atoms with Gasteiger partial charge in [-0.3, -0.25) is 9.36 Å². The van der Waals surface area contributed by atoms with Crippen molar-refractivity contribution in [3.63, 3.8) is 0 Å². The lowest BCUT2D eigenvalue weighted by Crippen LogP contribution is -2.40. The van der Waals surface area contributed by atoms with Gasteiger partial charge in [-0.2, -0.15) is 0 Å². The van der Waals surface area contributed by atoms with Gasteiger partial charge in [-0.15, -0.1) is 0 Å². The van der Waals surface area contributed by atoms with Crippen molar-refractivity contribution < 1.29 is 32.6 Å². The van der Waals surface area contributed by atoms with Gasteiger partial charge in [0.05, 0.1) is 39.7 Å². The molecule has 0 fully saturated rings. The number of aromatic nitrogens is 1. The largest absolute Gasteiger partial charge is 0.460 e. The van der Waals surface area contributed by atoms with Crippen LogP contribution in [0.25, 0.3) is 6.08 Å². The lowest BCUT2D eigenvalue weighted by Gasteiger charge is -2.25. The number of esters is 2. The van der Waals surface area contributed by atoms with E-state index in [0.717, 1.165) is 11.3 Å². The van der Waals surface area contributed by atoms with E-state index >= 15 is 0 Å². The normalized spacial score (nSPS) is 14.9. The van der Waals surface area contributed by atoms with Gasteiger partial charge in [-0.25, -0.2) is 19.0 Å². The molecule has 0 amide bonds. The van der Waals surface area contributed by atoms with Gasteiger partial charge < -0.3 is 18.6 Å². The molecule has 0 radical (unpaired) electrons. The molecule has 1 aliphatic heterocycles.